The predicted octanol–water partition coefficient (Wildman–Crippen LogP) is 2.38. The number of ether oxygens (including phenoxy) is 1. The van der Waals surface area contributed by atoms with Gasteiger partial charge >= 0.3 is 0 Å². The van der Waals surface area contributed by atoms with E-state index in [-0.39, 0.29) is 0 Å². The Bertz CT molecular complexity index is 139. The molecule has 0 aliphatic carbocycles. The third-order valence-corrected chi connectivity index (χ3v) is 1.87. The largest absolute Gasteiger partial charge is 0.377 e. The average molecular weight is 140 g/mol. The fourth-order valence-corrected chi connectivity index (χ4v) is 1.08. The molecule has 0 saturated heterocycles. The third-order valence-electron chi connectivity index (χ3n) is 1.87. The van der Waals surface area contributed by atoms with Crippen LogP contribution in [0.25, 0.3) is 0 Å². The summed E-state index contributed by atoms with van der Waals surface area (Å²) in [5.41, 5.74) is 1.75. The number of rotatable bonds is 0. The van der Waals surface area contributed by atoms with E-state index in [1.165, 1.54) is 5.57 Å². The van der Waals surface area contributed by atoms with Gasteiger partial charge in [0.2, 0.25) is 0 Å². The molecule has 1 aliphatic rings. The zero-order valence-electron chi connectivity index (χ0n) is 7.11. The topological polar surface area (TPSA) is 9.23 Å². The van der Waals surface area contributed by atoms with Gasteiger partial charge in [0.1, 0.15) is 0 Å². The second-order valence-corrected chi connectivity index (χ2v) is 3.82. The van der Waals surface area contributed by atoms with Gasteiger partial charge in [-0.05, 0) is 17.4 Å². The van der Waals surface area contributed by atoms with Crippen molar-refractivity contribution in [1.29, 1.82) is 0 Å². The zero-order chi connectivity index (χ0) is 7.61. The summed E-state index contributed by atoms with van der Waals surface area (Å²) in [4.78, 5) is 0. The lowest BCUT2D eigenvalue weighted by Crippen LogP contribution is -2.18. The van der Waals surface area contributed by atoms with Crippen molar-refractivity contribution in [2.75, 3.05) is 13.2 Å². The van der Waals surface area contributed by atoms with Crippen LogP contribution in [-0.2, 0) is 4.74 Å². The van der Waals surface area contributed by atoms with Crippen LogP contribution >= 0.6 is 0 Å². The maximum absolute atomic E-state index is 5.34. The van der Waals surface area contributed by atoms with E-state index in [0.717, 1.165) is 19.6 Å². The second-order valence-electron chi connectivity index (χ2n) is 3.82. The standard InChI is InChI=1S/C9H16O/c1-9(2,3)8-5-4-6-10-7-8/h5H,4,6-7H2,1-3H3. The maximum Gasteiger partial charge on any atom is 0.0682 e. The first kappa shape index (κ1) is 7.80. The minimum absolute atomic E-state index is 0.306. The minimum atomic E-state index is 0.306. The highest BCUT2D eigenvalue weighted by Crippen LogP contribution is 2.27. The van der Waals surface area contributed by atoms with Gasteiger partial charge in [0, 0.05) is 0 Å². The van der Waals surface area contributed by atoms with E-state index in [1.54, 1.807) is 0 Å². The summed E-state index contributed by atoms with van der Waals surface area (Å²) in [6.45, 7) is 8.43. The summed E-state index contributed by atoms with van der Waals surface area (Å²) in [6, 6.07) is 0. The summed E-state index contributed by atoms with van der Waals surface area (Å²) in [6.07, 6.45) is 3.40. The highest BCUT2D eigenvalue weighted by molar-refractivity contribution is 5.12. The molecule has 0 aromatic carbocycles. The van der Waals surface area contributed by atoms with Crippen LogP contribution in [0, 0.1) is 5.41 Å². The molecule has 10 heavy (non-hydrogen) atoms. The van der Waals surface area contributed by atoms with Gasteiger partial charge in [-0.3, -0.25) is 0 Å². The normalized spacial score (nSPS) is 20.5. The van der Waals surface area contributed by atoms with E-state index in [0.29, 0.717) is 5.41 Å². The fourth-order valence-electron chi connectivity index (χ4n) is 1.08. The molecule has 0 spiro atoms. The lowest BCUT2D eigenvalue weighted by Gasteiger charge is -2.25. The Morgan fingerprint density at radius 2 is 2.10 bits per heavy atom. The van der Waals surface area contributed by atoms with Crippen molar-refractivity contribution in [2.24, 2.45) is 5.41 Å². The van der Waals surface area contributed by atoms with Crippen LogP contribution in [-0.4, -0.2) is 13.2 Å². The summed E-state index contributed by atoms with van der Waals surface area (Å²) in [5.74, 6) is 0. The van der Waals surface area contributed by atoms with Crippen LogP contribution in [0.15, 0.2) is 11.6 Å². The molecule has 0 atom stereocenters. The van der Waals surface area contributed by atoms with Gasteiger partial charge in [-0.1, -0.05) is 26.8 Å². The molecule has 1 aliphatic heterocycles. The van der Waals surface area contributed by atoms with E-state index in [2.05, 4.69) is 26.8 Å². The lowest BCUT2D eigenvalue weighted by atomic mass is 9.86. The molecule has 1 heterocycles. The van der Waals surface area contributed by atoms with E-state index < -0.39 is 0 Å². The van der Waals surface area contributed by atoms with Crippen molar-refractivity contribution in [3.8, 4) is 0 Å². The fraction of sp³-hybridized carbons (Fsp3) is 0.778. The molecular weight excluding hydrogens is 124 g/mol. The molecule has 0 unspecified atom stereocenters. The summed E-state index contributed by atoms with van der Waals surface area (Å²) >= 11 is 0. The van der Waals surface area contributed by atoms with Gasteiger partial charge in [0.15, 0.2) is 0 Å². The van der Waals surface area contributed by atoms with E-state index in [4.69, 9.17) is 4.74 Å². The molecule has 0 bridgehead atoms. The van der Waals surface area contributed by atoms with Crippen molar-refractivity contribution < 1.29 is 4.74 Å². The van der Waals surface area contributed by atoms with E-state index in [1.807, 2.05) is 0 Å². The molecule has 0 amide bonds. The molecule has 1 heteroatoms. The molecule has 0 radical (unpaired) electrons. The van der Waals surface area contributed by atoms with Gasteiger partial charge in [0.25, 0.3) is 0 Å². The summed E-state index contributed by atoms with van der Waals surface area (Å²) < 4.78 is 5.34. The SMILES string of the molecule is CC(C)(C)C1=CCCOC1. The van der Waals surface area contributed by atoms with Crippen molar-refractivity contribution >= 4 is 0 Å². The van der Waals surface area contributed by atoms with Crippen LogP contribution in [0.2, 0.25) is 0 Å². The third kappa shape index (κ3) is 1.84. The molecule has 0 N–H and O–H groups in total. The minimum Gasteiger partial charge on any atom is -0.377 e. The van der Waals surface area contributed by atoms with Crippen molar-refractivity contribution in [3.63, 3.8) is 0 Å². The van der Waals surface area contributed by atoms with Gasteiger partial charge in [-0.15, -0.1) is 0 Å². The molecular formula is C9H16O. The maximum atomic E-state index is 5.34. The Hall–Kier alpha value is -0.300. The second kappa shape index (κ2) is 2.75. The van der Waals surface area contributed by atoms with Crippen LogP contribution in [0.1, 0.15) is 27.2 Å². The Morgan fingerprint density at radius 1 is 1.40 bits per heavy atom. The summed E-state index contributed by atoms with van der Waals surface area (Å²) in [5, 5.41) is 0. The van der Waals surface area contributed by atoms with Gasteiger partial charge in [-0.2, -0.15) is 0 Å². The van der Waals surface area contributed by atoms with Crippen LogP contribution < -0.4 is 0 Å². The Morgan fingerprint density at radius 3 is 2.40 bits per heavy atom. The Balaban J connectivity index is 2.62. The molecule has 0 saturated carbocycles. The first-order valence-electron chi connectivity index (χ1n) is 3.88. The van der Waals surface area contributed by atoms with Crippen LogP contribution in [0.3, 0.4) is 0 Å². The van der Waals surface area contributed by atoms with E-state index >= 15 is 0 Å². The number of hydrogen-bond donors (Lipinski definition) is 0. The van der Waals surface area contributed by atoms with Crippen LogP contribution in [0.4, 0.5) is 0 Å². The van der Waals surface area contributed by atoms with Gasteiger partial charge in [0.05, 0.1) is 13.2 Å². The van der Waals surface area contributed by atoms with Gasteiger partial charge in [-0.25, -0.2) is 0 Å². The average Bonchev–Trinajstić information content (AvgIpc) is 1.88. The molecule has 1 nitrogen and oxygen atoms in total. The smallest absolute Gasteiger partial charge is 0.0682 e. The highest BCUT2D eigenvalue weighted by Gasteiger charge is 2.18. The van der Waals surface area contributed by atoms with Crippen molar-refractivity contribution in [2.45, 2.75) is 27.2 Å². The van der Waals surface area contributed by atoms with E-state index in [9.17, 15) is 0 Å². The first-order valence-corrected chi connectivity index (χ1v) is 3.88. The lowest BCUT2D eigenvalue weighted by molar-refractivity contribution is 0.136. The van der Waals surface area contributed by atoms with Crippen LogP contribution in [0.5, 0.6) is 0 Å². The van der Waals surface area contributed by atoms with Crippen molar-refractivity contribution in [3.05, 3.63) is 11.6 Å². The Labute approximate surface area is 63.1 Å². The Kier molecular flexibility index (Phi) is 2.14. The van der Waals surface area contributed by atoms with Crippen molar-refractivity contribution in [1.82, 2.24) is 0 Å². The predicted molar refractivity (Wildman–Crippen MR) is 43.0 cm³/mol. The molecule has 0 fully saturated rings. The molecule has 1 rings (SSSR count). The molecule has 0 aromatic rings. The monoisotopic (exact) mass is 140 g/mol. The molecule has 58 valence electrons. The highest BCUT2D eigenvalue weighted by atomic mass is 16.5. The molecule has 0 aromatic heterocycles. The zero-order valence-corrected chi connectivity index (χ0v) is 7.11. The first-order chi connectivity index (χ1) is 4.61. The summed E-state index contributed by atoms with van der Waals surface area (Å²) in [7, 11) is 0. The number of hydrogen-bond acceptors (Lipinski definition) is 1. The van der Waals surface area contributed by atoms with Gasteiger partial charge < -0.3 is 4.74 Å². The quantitative estimate of drug-likeness (QED) is 0.469.